The molecule has 2 rings (SSSR count). The molecule has 2 aromatic rings. The van der Waals surface area contributed by atoms with Crippen molar-refractivity contribution in [1.29, 1.82) is 0 Å². The zero-order chi connectivity index (χ0) is 7.84. The Hall–Kier alpha value is -1.51. The van der Waals surface area contributed by atoms with Crippen molar-refractivity contribution >= 4 is 10.9 Å². The number of phenolic OH excluding ortho intramolecular Hbond substituents is 1. The molecule has 2 nitrogen and oxygen atoms in total. The Morgan fingerprint density at radius 1 is 1.27 bits per heavy atom. The maximum Gasteiger partial charge on any atom is 0.125 e. The van der Waals surface area contributed by atoms with Crippen molar-refractivity contribution in [2.24, 2.45) is 0 Å². The van der Waals surface area contributed by atoms with Crippen LogP contribution in [-0.4, -0.2) is 9.90 Å². The van der Waals surface area contributed by atoms with Crippen LogP contribution in [0.1, 0.15) is 0 Å². The molecule has 0 unspecified atom stereocenters. The molecule has 3 heteroatoms. The Balaban J connectivity index is 2.94. The number of benzene rings is 1. The number of aromatic hydroxyl groups is 1. The van der Waals surface area contributed by atoms with Gasteiger partial charge in [-0.25, -0.2) is 0 Å². The zero-order valence-electron chi connectivity index (χ0n) is 5.66. The molecule has 1 N–H and O–H groups in total. The van der Waals surface area contributed by atoms with Crippen molar-refractivity contribution in [1.82, 2.24) is 4.79 Å². The maximum absolute atomic E-state index is 12.7. The lowest BCUT2D eigenvalue weighted by Gasteiger charge is -1.93. The van der Waals surface area contributed by atoms with Crippen LogP contribution in [0.3, 0.4) is 0 Å². The van der Waals surface area contributed by atoms with Gasteiger partial charge in [-0.3, -0.25) is 0 Å². The average molecular weight is 151 g/mol. The molecule has 0 aliphatic heterocycles. The molecule has 0 bridgehead atoms. The molecule has 0 fully saturated rings. The molecule has 0 saturated carbocycles. The highest BCUT2D eigenvalue weighted by molar-refractivity contribution is 5.85. The minimum atomic E-state index is 0.110. The van der Waals surface area contributed by atoms with Crippen molar-refractivity contribution in [3.05, 3.63) is 30.5 Å². The topological polar surface area (TPSA) is 25.2 Å². The van der Waals surface area contributed by atoms with Crippen molar-refractivity contribution in [2.45, 2.75) is 0 Å². The van der Waals surface area contributed by atoms with Crippen LogP contribution in [0.5, 0.6) is 5.75 Å². The Morgan fingerprint density at radius 2 is 2.09 bits per heavy atom. The smallest absolute Gasteiger partial charge is 0.125 e. The summed E-state index contributed by atoms with van der Waals surface area (Å²) < 4.78 is 12.7. The predicted octanol–water partition coefficient (Wildman–Crippen LogP) is 2.08. The van der Waals surface area contributed by atoms with Gasteiger partial charge in [0.15, 0.2) is 0 Å². The summed E-state index contributed by atoms with van der Waals surface area (Å²) in [7, 11) is 0. The number of phenols is 1. The SMILES string of the molecule is Oc1cccc2c1ccn2F. The van der Waals surface area contributed by atoms with Crippen LogP contribution in [0.15, 0.2) is 30.5 Å². The molecule has 0 amide bonds. The van der Waals surface area contributed by atoms with Gasteiger partial charge in [0, 0.05) is 11.6 Å². The molecule has 0 radical (unpaired) electrons. The predicted molar refractivity (Wildman–Crippen MR) is 40.1 cm³/mol. The Morgan fingerprint density at radius 3 is 2.82 bits per heavy atom. The first-order chi connectivity index (χ1) is 5.29. The summed E-state index contributed by atoms with van der Waals surface area (Å²) >= 11 is 0. The molecule has 0 spiro atoms. The number of rotatable bonds is 0. The van der Waals surface area contributed by atoms with Gasteiger partial charge in [-0.2, -0.15) is 4.79 Å². The molecule has 1 aromatic carbocycles. The third-order valence-electron chi connectivity index (χ3n) is 1.66. The number of nitrogens with zero attached hydrogens (tertiary/aromatic N) is 1. The van der Waals surface area contributed by atoms with E-state index in [-0.39, 0.29) is 5.75 Å². The molecule has 1 aromatic heterocycles. The van der Waals surface area contributed by atoms with E-state index in [9.17, 15) is 9.59 Å². The van der Waals surface area contributed by atoms with Gasteiger partial charge in [0.2, 0.25) is 0 Å². The van der Waals surface area contributed by atoms with Crippen molar-refractivity contribution in [2.75, 3.05) is 0 Å². The van der Waals surface area contributed by atoms with Crippen LogP contribution >= 0.6 is 0 Å². The fourth-order valence-corrected chi connectivity index (χ4v) is 1.12. The van der Waals surface area contributed by atoms with Gasteiger partial charge in [0.1, 0.15) is 5.75 Å². The number of halogens is 1. The Bertz CT molecular complexity index is 394. The van der Waals surface area contributed by atoms with Crippen LogP contribution in [0.25, 0.3) is 10.9 Å². The van der Waals surface area contributed by atoms with Crippen LogP contribution < -0.4 is 0 Å². The van der Waals surface area contributed by atoms with Crippen molar-refractivity contribution in [3.63, 3.8) is 0 Å². The third kappa shape index (κ3) is 0.774. The van der Waals surface area contributed by atoms with E-state index < -0.39 is 0 Å². The lowest BCUT2D eigenvalue weighted by atomic mass is 10.2. The molecule has 0 aliphatic carbocycles. The van der Waals surface area contributed by atoms with E-state index in [1.807, 2.05) is 0 Å². The quantitative estimate of drug-likeness (QED) is 0.612. The first kappa shape index (κ1) is 6.22. The fraction of sp³-hybridized carbons (Fsp3) is 0. The molecule has 0 saturated heterocycles. The lowest BCUT2D eigenvalue weighted by Crippen LogP contribution is -1.76. The van der Waals surface area contributed by atoms with Crippen LogP contribution in [0, 0.1) is 0 Å². The van der Waals surface area contributed by atoms with E-state index in [4.69, 9.17) is 0 Å². The summed E-state index contributed by atoms with van der Waals surface area (Å²) in [5.41, 5.74) is 0.394. The van der Waals surface area contributed by atoms with Gasteiger partial charge in [-0.05, 0) is 18.2 Å². The fourth-order valence-electron chi connectivity index (χ4n) is 1.12. The second kappa shape index (κ2) is 1.99. The Kier molecular flexibility index (Phi) is 1.12. The number of fused-ring (bicyclic) bond motifs is 1. The minimum absolute atomic E-state index is 0.110. The number of hydrogen-bond acceptors (Lipinski definition) is 1. The minimum Gasteiger partial charge on any atom is -0.507 e. The standard InChI is InChI=1S/C8H6FNO/c9-10-5-4-6-7(10)2-1-3-8(6)11/h1-5,11H. The van der Waals surface area contributed by atoms with Gasteiger partial charge < -0.3 is 5.11 Å². The molecular formula is C8H6FNO. The van der Waals surface area contributed by atoms with E-state index in [0.29, 0.717) is 15.7 Å². The second-order valence-corrected chi connectivity index (χ2v) is 2.34. The zero-order valence-corrected chi connectivity index (χ0v) is 5.66. The summed E-state index contributed by atoms with van der Waals surface area (Å²) in [6.45, 7) is 0. The number of hydrogen-bond donors (Lipinski definition) is 1. The highest BCUT2D eigenvalue weighted by Gasteiger charge is 2.02. The summed E-state index contributed by atoms with van der Waals surface area (Å²) in [4.78, 5) is 0.481. The summed E-state index contributed by atoms with van der Waals surface area (Å²) in [6, 6.07) is 6.27. The van der Waals surface area contributed by atoms with Gasteiger partial charge in [-0.15, -0.1) is 0 Å². The molecule has 1 heterocycles. The third-order valence-corrected chi connectivity index (χ3v) is 1.66. The van der Waals surface area contributed by atoms with E-state index in [2.05, 4.69) is 0 Å². The first-order valence-corrected chi connectivity index (χ1v) is 3.24. The normalized spacial score (nSPS) is 10.6. The summed E-state index contributed by atoms with van der Waals surface area (Å²) in [5.74, 6) is 0.110. The van der Waals surface area contributed by atoms with E-state index in [1.165, 1.54) is 18.3 Å². The van der Waals surface area contributed by atoms with E-state index in [0.717, 1.165) is 0 Å². The van der Waals surface area contributed by atoms with E-state index in [1.54, 1.807) is 12.1 Å². The summed E-state index contributed by atoms with van der Waals surface area (Å²) in [5, 5.41) is 9.74. The Labute approximate surface area is 62.4 Å². The molecule has 0 aliphatic rings. The van der Waals surface area contributed by atoms with Crippen molar-refractivity contribution < 1.29 is 9.59 Å². The van der Waals surface area contributed by atoms with Gasteiger partial charge in [0.25, 0.3) is 0 Å². The van der Waals surface area contributed by atoms with E-state index >= 15 is 0 Å². The molecule has 56 valence electrons. The second-order valence-electron chi connectivity index (χ2n) is 2.34. The van der Waals surface area contributed by atoms with Crippen molar-refractivity contribution in [3.8, 4) is 5.75 Å². The van der Waals surface area contributed by atoms with Crippen LogP contribution in [0.4, 0.5) is 4.48 Å². The molecule has 0 atom stereocenters. The monoisotopic (exact) mass is 151 g/mol. The highest BCUT2D eigenvalue weighted by Crippen LogP contribution is 2.24. The van der Waals surface area contributed by atoms with Crippen LogP contribution in [0.2, 0.25) is 0 Å². The van der Waals surface area contributed by atoms with Gasteiger partial charge in [-0.1, -0.05) is 10.5 Å². The highest BCUT2D eigenvalue weighted by atomic mass is 19.2. The average Bonchev–Trinajstić information content (AvgIpc) is 2.35. The summed E-state index contributed by atoms with van der Waals surface area (Å²) in [6.07, 6.45) is 1.27. The van der Waals surface area contributed by atoms with Gasteiger partial charge in [0.05, 0.1) is 5.52 Å². The largest absolute Gasteiger partial charge is 0.507 e. The lowest BCUT2D eigenvalue weighted by molar-refractivity contribution is 0.387. The molecular weight excluding hydrogens is 145 g/mol. The first-order valence-electron chi connectivity index (χ1n) is 3.24. The maximum atomic E-state index is 12.7. The van der Waals surface area contributed by atoms with Gasteiger partial charge >= 0.3 is 0 Å². The number of aromatic nitrogens is 1. The molecule has 11 heavy (non-hydrogen) atoms. The van der Waals surface area contributed by atoms with Crippen LogP contribution in [-0.2, 0) is 0 Å².